The molecule has 0 atom stereocenters. The van der Waals surface area contributed by atoms with E-state index in [1.165, 1.54) is 0 Å². The summed E-state index contributed by atoms with van der Waals surface area (Å²) in [6, 6.07) is 2.87. The Labute approximate surface area is 167 Å². The molecule has 0 unspecified atom stereocenters. The standard InChI is InChI=1S/C18H6BF9O3/c20-7-1-4-10(16(26)13(7)23)29-19(30-11-5-2-8(21)14(24)17(11)27)31-12-6-3-9(22)15(25)18(12)28/h1-6H. The molecule has 0 spiro atoms. The summed E-state index contributed by atoms with van der Waals surface area (Å²) in [6.45, 7) is 0. The molecule has 3 aromatic carbocycles. The van der Waals surface area contributed by atoms with Crippen LogP contribution in [0.3, 0.4) is 0 Å². The second-order valence-electron chi connectivity index (χ2n) is 5.66. The first-order valence-electron chi connectivity index (χ1n) is 8.00. The Bertz CT molecular complexity index is 1000. The summed E-state index contributed by atoms with van der Waals surface area (Å²) >= 11 is 0. The maximum atomic E-state index is 13.9. The summed E-state index contributed by atoms with van der Waals surface area (Å²) < 4.78 is 135. The minimum absolute atomic E-state index is 0.418. The molecule has 13 heteroatoms. The van der Waals surface area contributed by atoms with Gasteiger partial charge in [-0.3, -0.25) is 0 Å². The van der Waals surface area contributed by atoms with E-state index in [1.807, 2.05) is 0 Å². The van der Waals surface area contributed by atoms with Crippen LogP contribution in [-0.4, -0.2) is 7.32 Å². The van der Waals surface area contributed by atoms with Crippen LogP contribution in [0.5, 0.6) is 17.2 Å². The summed E-state index contributed by atoms with van der Waals surface area (Å²) in [7, 11) is -2.50. The number of hydrogen-bond acceptors (Lipinski definition) is 3. The van der Waals surface area contributed by atoms with Crippen molar-refractivity contribution in [2.45, 2.75) is 0 Å². The van der Waals surface area contributed by atoms with Crippen LogP contribution in [0.2, 0.25) is 0 Å². The van der Waals surface area contributed by atoms with Crippen molar-refractivity contribution < 1.29 is 53.5 Å². The van der Waals surface area contributed by atoms with E-state index in [-0.39, 0.29) is 0 Å². The Balaban J connectivity index is 1.99. The quantitative estimate of drug-likeness (QED) is 0.283. The molecule has 3 rings (SSSR count). The van der Waals surface area contributed by atoms with Crippen molar-refractivity contribution in [1.29, 1.82) is 0 Å². The zero-order valence-corrected chi connectivity index (χ0v) is 14.7. The molecule has 3 aromatic rings. The van der Waals surface area contributed by atoms with E-state index < -0.39 is 76.9 Å². The third-order valence-corrected chi connectivity index (χ3v) is 3.67. The third kappa shape index (κ3) is 4.49. The lowest BCUT2D eigenvalue weighted by Gasteiger charge is -2.18. The summed E-state index contributed by atoms with van der Waals surface area (Å²) in [5, 5.41) is 0. The molecule has 0 saturated carbocycles. The Kier molecular flexibility index (Phi) is 6.23. The van der Waals surface area contributed by atoms with Crippen molar-refractivity contribution in [2.75, 3.05) is 0 Å². The molecule has 0 bridgehead atoms. The fourth-order valence-electron chi connectivity index (χ4n) is 2.18. The highest BCUT2D eigenvalue weighted by Gasteiger charge is 2.35. The molecular weight excluding hydrogens is 446 g/mol. The minimum atomic E-state index is -2.50. The Hall–Kier alpha value is -3.51. The first-order chi connectivity index (χ1) is 14.6. The SMILES string of the molecule is Fc1ccc(OB(Oc2ccc(F)c(F)c2F)Oc2ccc(F)c(F)c2F)c(F)c1F. The fraction of sp³-hybridized carbons (Fsp3) is 0. The molecular formula is C18H6BF9O3. The van der Waals surface area contributed by atoms with Crippen molar-refractivity contribution in [1.82, 2.24) is 0 Å². The minimum Gasteiger partial charge on any atom is -0.487 e. The van der Waals surface area contributed by atoms with Crippen LogP contribution in [0.25, 0.3) is 0 Å². The van der Waals surface area contributed by atoms with Gasteiger partial charge in [0, 0.05) is 0 Å². The van der Waals surface area contributed by atoms with Crippen molar-refractivity contribution in [3.63, 3.8) is 0 Å². The van der Waals surface area contributed by atoms with Crippen LogP contribution >= 0.6 is 0 Å². The molecule has 0 fully saturated rings. The first-order valence-corrected chi connectivity index (χ1v) is 8.00. The molecule has 0 heterocycles. The van der Waals surface area contributed by atoms with Gasteiger partial charge >= 0.3 is 7.32 Å². The zero-order valence-electron chi connectivity index (χ0n) is 14.7. The van der Waals surface area contributed by atoms with Crippen LogP contribution in [0.1, 0.15) is 0 Å². The van der Waals surface area contributed by atoms with E-state index in [0.717, 1.165) is 0 Å². The van der Waals surface area contributed by atoms with Gasteiger partial charge in [-0.2, -0.15) is 13.2 Å². The molecule has 0 radical (unpaired) electrons. The Morgan fingerprint density at radius 2 is 0.645 bits per heavy atom. The van der Waals surface area contributed by atoms with Crippen LogP contribution in [-0.2, 0) is 0 Å². The molecule has 0 aliphatic rings. The molecule has 0 aliphatic carbocycles. The van der Waals surface area contributed by atoms with Gasteiger partial charge in [0.1, 0.15) is 17.2 Å². The lowest BCUT2D eigenvalue weighted by atomic mass is 10.1. The lowest BCUT2D eigenvalue weighted by molar-refractivity contribution is 0.278. The molecule has 3 nitrogen and oxygen atoms in total. The second-order valence-corrected chi connectivity index (χ2v) is 5.66. The van der Waals surface area contributed by atoms with Crippen molar-refractivity contribution in [2.24, 2.45) is 0 Å². The van der Waals surface area contributed by atoms with E-state index in [9.17, 15) is 39.5 Å². The summed E-state index contributed by atoms with van der Waals surface area (Å²) in [5.41, 5.74) is 0. The second kappa shape index (κ2) is 8.70. The lowest BCUT2D eigenvalue weighted by Crippen LogP contribution is -2.38. The highest BCUT2D eigenvalue weighted by molar-refractivity contribution is 6.39. The number of hydrogen-bond donors (Lipinski definition) is 0. The van der Waals surface area contributed by atoms with Crippen LogP contribution in [0, 0.1) is 52.4 Å². The van der Waals surface area contributed by atoms with Crippen LogP contribution in [0.4, 0.5) is 39.5 Å². The average Bonchev–Trinajstić information content (AvgIpc) is 2.74. The van der Waals surface area contributed by atoms with E-state index in [2.05, 4.69) is 0 Å². The third-order valence-electron chi connectivity index (χ3n) is 3.67. The molecule has 0 saturated heterocycles. The fourth-order valence-corrected chi connectivity index (χ4v) is 2.18. The molecule has 162 valence electrons. The largest absolute Gasteiger partial charge is 0.864 e. The molecule has 0 aliphatic heterocycles. The van der Waals surface area contributed by atoms with Gasteiger partial charge in [-0.15, -0.1) is 0 Å². The molecule has 0 N–H and O–H groups in total. The van der Waals surface area contributed by atoms with Crippen LogP contribution < -0.4 is 14.0 Å². The summed E-state index contributed by atoms with van der Waals surface area (Å²) in [6.07, 6.45) is 0. The van der Waals surface area contributed by atoms with Gasteiger partial charge < -0.3 is 14.0 Å². The van der Waals surface area contributed by atoms with Gasteiger partial charge in [-0.25, -0.2) is 26.3 Å². The predicted molar refractivity (Wildman–Crippen MR) is 86.6 cm³/mol. The van der Waals surface area contributed by atoms with Gasteiger partial charge in [0.15, 0.2) is 34.9 Å². The average molecular weight is 452 g/mol. The van der Waals surface area contributed by atoms with Gasteiger partial charge in [0.05, 0.1) is 0 Å². The van der Waals surface area contributed by atoms with Crippen LogP contribution in [0.15, 0.2) is 36.4 Å². The van der Waals surface area contributed by atoms with E-state index >= 15 is 0 Å². The summed E-state index contributed by atoms with van der Waals surface area (Å²) in [4.78, 5) is 0. The van der Waals surface area contributed by atoms with Crippen molar-refractivity contribution in [3.8, 4) is 17.2 Å². The molecule has 31 heavy (non-hydrogen) atoms. The molecule has 0 aromatic heterocycles. The maximum Gasteiger partial charge on any atom is 0.864 e. The van der Waals surface area contributed by atoms with E-state index in [0.29, 0.717) is 36.4 Å². The number of halogens is 9. The van der Waals surface area contributed by atoms with Gasteiger partial charge in [-0.1, -0.05) is 0 Å². The highest BCUT2D eigenvalue weighted by atomic mass is 19.2. The summed E-state index contributed by atoms with van der Waals surface area (Å²) in [5.74, 6) is -19.8. The highest BCUT2D eigenvalue weighted by Crippen LogP contribution is 2.28. The predicted octanol–water partition coefficient (Wildman–Crippen LogP) is 5.46. The number of rotatable bonds is 6. The Morgan fingerprint density at radius 3 is 0.903 bits per heavy atom. The van der Waals surface area contributed by atoms with Gasteiger partial charge in [-0.05, 0) is 36.4 Å². The van der Waals surface area contributed by atoms with E-state index in [4.69, 9.17) is 14.0 Å². The van der Waals surface area contributed by atoms with Gasteiger partial charge in [0.2, 0.25) is 17.5 Å². The zero-order chi connectivity index (χ0) is 22.9. The normalized spacial score (nSPS) is 10.7. The van der Waals surface area contributed by atoms with E-state index in [1.54, 1.807) is 0 Å². The maximum absolute atomic E-state index is 13.9. The monoisotopic (exact) mass is 452 g/mol. The topological polar surface area (TPSA) is 27.7 Å². The van der Waals surface area contributed by atoms with Crippen molar-refractivity contribution >= 4 is 7.32 Å². The first kappa shape index (κ1) is 22.2. The smallest absolute Gasteiger partial charge is 0.487 e. The Morgan fingerprint density at radius 1 is 0.387 bits per heavy atom. The molecule has 0 amide bonds. The number of benzene rings is 3. The van der Waals surface area contributed by atoms with Gasteiger partial charge in [0.25, 0.3) is 0 Å². The van der Waals surface area contributed by atoms with Crippen molar-refractivity contribution in [3.05, 3.63) is 88.8 Å².